The predicted molar refractivity (Wildman–Crippen MR) is 91.4 cm³/mol. The van der Waals surface area contributed by atoms with E-state index >= 15 is 0 Å². The summed E-state index contributed by atoms with van der Waals surface area (Å²) < 4.78 is 37.6. The first-order valence-electron chi connectivity index (χ1n) is 7.47. The van der Waals surface area contributed by atoms with Crippen molar-refractivity contribution < 1.29 is 37.4 Å². The van der Waals surface area contributed by atoms with Gasteiger partial charge in [0.1, 0.15) is 11.7 Å². The number of ether oxygens (including phenoxy) is 3. The average molecular weight is 385 g/mol. The lowest BCUT2D eigenvalue weighted by atomic mass is 9.83. The van der Waals surface area contributed by atoms with Crippen LogP contribution in [-0.2, 0) is 32.7 Å². The van der Waals surface area contributed by atoms with Gasteiger partial charge in [-0.05, 0) is 29.8 Å². The molecule has 0 aliphatic carbocycles. The average Bonchev–Trinajstić information content (AvgIpc) is 2.67. The van der Waals surface area contributed by atoms with Gasteiger partial charge in [0, 0.05) is 14.2 Å². The number of rotatable bonds is 7. The van der Waals surface area contributed by atoms with Crippen molar-refractivity contribution in [3.05, 3.63) is 29.8 Å². The summed E-state index contributed by atoms with van der Waals surface area (Å²) in [6.07, 6.45) is 0. The van der Waals surface area contributed by atoms with Crippen molar-refractivity contribution in [2.45, 2.75) is 5.28 Å². The molecule has 1 heterocycles. The fourth-order valence-corrected chi connectivity index (χ4v) is 4.62. The molecule has 2 atom stereocenters. The second kappa shape index (κ2) is 7.57. The standard InChI is InChI=1S/C16H20NO8P/c1-21-11-8-6-10(7-9-11)13-12(14(18)22-2)16(17-13,15(19)23-3)26(20,24-4)25-5/h6-9,12H,1-5H3/t12-,16+/m0/s1. The Morgan fingerprint density at radius 1 is 1.00 bits per heavy atom. The lowest BCUT2D eigenvalue weighted by Gasteiger charge is -2.43. The van der Waals surface area contributed by atoms with E-state index in [1.54, 1.807) is 24.3 Å². The molecule has 0 spiro atoms. The highest BCUT2D eigenvalue weighted by Gasteiger charge is 2.72. The maximum atomic E-state index is 13.1. The predicted octanol–water partition coefficient (Wildman–Crippen LogP) is 1.64. The molecule has 10 heteroatoms. The molecule has 0 aromatic heterocycles. The van der Waals surface area contributed by atoms with Crippen molar-refractivity contribution >= 4 is 25.2 Å². The van der Waals surface area contributed by atoms with E-state index < -0.39 is 30.7 Å². The number of hydrogen-bond acceptors (Lipinski definition) is 9. The van der Waals surface area contributed by atoms with Gasteiger partial charge in [0.2, 0.25) is 0 Å². The summed E-state index contributed by atoms with van der Waals surface area (Å²) in [4.78, 5) is 29.1. The highest BCUT2D eigenvalue weighted by atomic mass is 31.2. The van der Waals surface area contributed by atoms with Gasteiger partial charge in [-0.2, -0.15) is 0 Å². The van der Waals surface area contributed by atoms with Crippen molar-refractivity contribution in [2.75, 3.05) is 35.5 Å². The van der Waals surface area contributed by atoms with Crippen LogP contribution in [0, 0.1) is 5.92 Å². The zero-order valence-electron chi connectivity index (χ0n) is 15.0. The highest BCUT2D eigenvalue weighted by molar-refractivity contribution is 7.57. The van der Waals surface area contributed by atoms with Gasteiger partial charge in [0.25, 0.3) is 5.28 Å². The van der Waals surface area contributed by atoms with Crippen molar-refractivity contribution in [3.63, 3.8) is 0 Å². The minimum absolute atomic E-state index is 0.208. The SMILES string of the molecule is COC(=O)[C@@H]1C(c2ccc(OC)cc2)=N[C@@]1(C(=O)OC)P(=O)(OC)OC. The van der Waals surface area contributed by atoms with E-state index in [4.69, 9.17) is 23.3 Å². The van der Waals surface area contributed by atoms with E-state index in [0.717, 1.165) is 28.4 Å². The molecule has 0 fully saturated rings. The Kier molecular flexibility index (Phi) is 5.85. The number of nitrogens with zero attached hydrogens (tertiary/aromatic N) is 1. The summed E-state index contributed by atoms with van der Waals surface area (Å²) in [5.41, 5.74) is 0.735. The Bertz CT molecular complexity index is 767. The Morgan fingerprint density at radius 2 is 1.58 bits per heavy atom. The summed E-state index contributed by atoms with van der Waals surface area (Å²) in [5.74, 6) is -2.55. The Balaban J connectivity index is 2.67. The number of carbonyl (C=O) groups is 2. The molecule has 142 valence electrons. The van der Waals surface area contributed by atoms with Crippen LogP contribution in [-0.4, -0.2) is 58.5 Å². The van der Waals surface area contributed by atoms with Crippen molar-refractivity contribution in [2.24, 2.45) is 10.9 Å². The first-order valence-corrected chi connectivity index (χ1v) is 9.01. The van der Waals surface area contributed by atoms with Gasteiger partial charge in [0.05, 0.1) is 27.0 Å². The van der Waals surface area contributed by atoms with Gasteiger partial charge in [-0.25, -0.2) is 4.79 Å². The molecule has 0 unspecified atom stereocenters. The van der Waals surface area contributed by atoms with Crippen LogP contribution in [0.25, 0.3) is 0 Å². The smallest absolute Gasteiger partial charge is 0.370 e. The zero-order valence-corrected chi connectivity index (χ0v) is 15.9. The number of hydrogen-bond donors (Lipinski definition) is 0. The molecule has 0 saturated heterocycles. The third-order valence-electron chi connectivity index (χ3n) is 4.17. The molecule has 2 rings (SSSR count). The molecule has 1 aliphatic rings. The summed E-state index contributed by atoms with van der Waals surface area (Å²) >= 11 is 0. The largest absolute Gasteiger partial charge is 0.497 e. The van der Waals surface area contributed by atoms with Crippen LogP contribution in [0.1, 0.15) is 5.56 Å². The van der Waals surface area contributed by atoms with Crippen molar-refractivity contribution in [1.82, 2.24) is 0 Å². The number of aliphatic imine (C=N–C) groups is 1. The van der Waals surface area contributed by atoms with Crippen LogP contribution in [0.2, 0.25) is 0 Å². The van der Waals surface area contributed by atoms with E-state index in [2.05, 4.69) is 4.99 Å². The third-order valence-corrected chi connectivity index (χ3v) is 6.51. The molecule has 9 nitrogen and oxygen atoms in total. The Labute approximate surface area is 150 Å². The molecule has 1 aromatic rings. The molecule has 1 aliphatic heterocycles. The molecule has 0 N–H and O–H groups in total. The monoisotopic (exact) mass is 385 g/mol. The number of methoxy groups -OCH3 is 3. The van der Waals surface area contributed by atoms with Crippen LogP contribution in [0.4, 0.5) is 0 Å². The molecule has 26 heavy (non-hydrogen) atoms. The number of carbonyl (C=O) groups excluding carboxylic acids is 2. The fourth-order valence-electron chi connectivity index (χ4n) is 2.82. The Hall–Kier alpha value is -2.22. The molecule has 0 radical (unpaired) electrons. The van der Waals surface area contributed by atoms with Gasteiger partial charge < -0.3 is 23.3 Å². The summed E-state index contributed by atoms with van der Waals surface area (Å²) in [6, 6.07) is 6.63. The lowest BCUT2D eigenvalue weighted by molar-refractivity contribution is -0.155. The van der Waals surface area contributed by atoms with E-state index in [1.807, 2.05) is 0 Å². The van der Waals surface area contributed by atoms with Crippen LogP contribution >= 0.6 is 7.60 Å². The van der Waals surface area contributed by atoms with Gasteiger partial charge in [-0.15, -0.1) is 0 Å². The molecule has 0 bridgehead atoms. The van der Waals surface area contributed by atoms with Gasteiger partial charge in [-0.1, -0.05) is 0 Å². The van der Waals surface area contributed by atoms with E-state index in [1.165, 1.54) is 7.11 Å². The summed E-state index contributed by atoms with van der Waals surface area (Å²) in [5, 5.41) is -2.17. The minimum Gasteiger partial charge on any atom is -0.497 e. The highest BCUT2D eigenvalue weighted by Crippen LogP contribution is 2.67. The van der Waals surface area contributed by atoms with Gasteiger partial charge in [-0.3, -0.25) is 14.4 Å². The number of benzene rings is 1. The topological polar surface area (TPSA) is 110 Å². The third kappa shape index (κ3) is 2.82. The van der Waals surface area contributed by atoms with Gasteiger partial charge in [0.15, 0.2) is 0 Å². The van der Waals surface area contributed by atoms with E-state index in [-0.39, 0.29) is 5.71 Å². The van der Waals surface area contributed by atoms with Crippen molar-refractivity contribution in [1.29, 1.82) is 0 Å². The first kappa shape index (κ1) is 20.1. The number of esters is 2. The maximum Gasteiger partial charge on any atom is 0.370 e. The van der Waals surface area contributed by atoms with E-state index in [9.17, 15) is 14.2 Å². The maximum absolute atomic E-state index is 13.1. The quantitative estimate of drug-likeness (QED) is 0.515. The van der Waals surface area contributed by atoms with Crippen LogP contribution < -0.4 is 4.74 Å². The molecule has 1 aromatic carbocycles. The Morgan fingerprint density at radius 3 is 2.00 bits per heavy atom. The first-order chi connectivity index (χ1) is 12.3. The molecular formula is C16H20NO8P. The molecule has 0 saturated carbocycles. The van der Waals surface area contributed by atoms with Crippen LogP contribution in [0.15, 0.2) is 29.3 Å². The fraction of sp³-hybridized carbons (Fsp3) is 0.438. The van der Waals surface area contributed by atoms with Crippen molar-refractivity contribution in [3.8, 4) is 5.75 Å². The normalized spacial score (nSPS) is 22.0. The summed E-state index contributed by atoms with van der Waals surface area (Å²) in [6.45, 7) is 0. The van der Waals surface area contributed by atoms with Gasteiger partial charge >= 0.3 is 19.5 Å². The minimum atomic E-state index is -4.17. The summed E-state index contributed by atoms with van der Waals surface area (Å²) in [7, 11) is 1.79. The molecular weight excluding hydrogens is 365 g/mol. The lowest BCUT2D eigenvalue weighted by Crippen LogP contribution is -2.60. The van der Waals surface area contributed by atoms with Crippen LogP contribution in [0.3, 0.4) is 0 Å². The molecule has 0 amide bonds. The second-order valence-corrected chi connectivity index (χ2v) is 7.67. The van der Waals surface area contributed by atoms with Crippen LogP contribution in [0.5, 0.6) is 5.75 Å². The zero-order chi connectivity index (χ0) is 19.5. The second-order valence-electron chi connectivity index (χ2n) is 5.26. The van der Waals surface area contributed by atoms with E-state index in [0.29, 0.717) is 11.3 Å².